The van der Waals surface area contributed by atoms with Crippen LogP contribution >= 0.6 is 23.4 Å². The molecular formula is C19H15ClF3NO3S. The summed E-state index contributed by atoms with van der Waals surface area (Å²) in [4.78, 5) is 11.3. The van der Waals surface area contributed by atoms with Crippen LogP contribution in [-0.2, 0) is 17.8 Å². The summed E-state index contributed by atoms with van der Waals surface area (Å²) >= 11 is 5.84. The van der Waals surface area contributed by atoms with Crippen molar-refractivity contribution >= 4 is 40.2 Å². The zero-order chi connectivity index (χ0) is 20.6. The molecule has 2 aromatic carbocycles. The summed E-state index contributed by atoms with van der Waals surface area (Å²) in [5.41, 5.74) is -1.71. The molecule has 0 bridgehead atoms. The number of carboxylic acid groups (broad SMARTS) is 1. The van der Waals surface area contributed by atoms with E-state index in [1.807, 2.05) is 4.57 Å². The van der Waals surface area contributed by atoms with E-state index < -0.39 is 11.5 Å². The Morgan fingerprint density at radius 2 is 1.86 bits per heavy atom. The van der Waals surface area contributed by atoms with Crippen LogP contribution in [0.5, 0.6) is 5.75 Å². The summed E-state index contributed by atoms with van der Waals surface area (Å²) in [5, 5.41) is 19.8. The third-order valence-electron chi connectivity index (χ3n) is 4.35. The molecule has 0 atom stereocenters. The molecule has 0 amide bonds. The maximum Gasteiger partial charge on any atom is 0.446 e. The highest BCUT2D eigenvalue weighted by Crippen LogP contribution is 2.37. The quantitative estimate of drug-likeness (QED) is 0.518. The number of aromatic hydroxyl groups is 1. The molecule has 0 aliphatic heterocycles. The molecule has 28 heavy (non-hydrogen) atoms. The number of alkyl halides is 3. The van der Waals surface area contributed by atoms with Crippen molar-refractivity contribution in [2.75, 3.05) is 0 Å². The fraction of sp³-hybridized carbons (Fsp3) is 0.211. The number of nitrogens with zero attached hydrogens (tertiary/aromatic N) is 1. The molecule has 1 aromatic heterocycles. The van der Waals surface area contributed by atoms with Crippen LogP contribution in [-0.4, -0.2) is 26.3 Å². The standard InChI is InChI=1S/C19H15ClF3NO3S/c1-10-13(7-18(26)27)14-6-17(25)15(20)8-16(14)24(10)9-11-2-4-12(5-3-11)28-19(21,22)23/h2-6,8,25H,7,9H2,1H3,(H,26,27). The maximum absolute atomic E-state index is 12.5. The lowest BCUT2D eigenvalue weighted by molar-refractivity contribution is -0.136. The number of carbonyl (C=O) groups is 1. The number of fused-ring (bicyclic) bond motifs is 1. The Morgan fingerprint density at radius 1 is 1.21 bits per heavy atom. The molecule has 4 nitrogen and oxygen atoms in total. The molecule has 0 saturated carbocycles. The number of phenolic OH excluding ortho intramolecular Hbond substituents is 1. The van der Waals surface area contributed by atoms with E-state index in [1.54, 1.807) is 25.1 Å². The number of hydrogen-bond donors (Lipinski definition) is 2. The first-order valence-electron chi connectivity index (χ1n) is 8.12. The van der Waals surface area contributed by atoms with Crippen molar-refractivity contribution in [1.82, 2.24) is 4.57 Å². The van der Waals surface area contributed by atoms with Crippen LogP contribution in [0, 0.1) is 6.92 Å². The van der Waals surface area contributed by atoms with Gasteiger partial charge >= 0.3 is 11.5 Å². The summed E-state index contributed by atoms with van der Waals surface area (Å²) in [6.07, 6.45) is -0.225. The zero-order valence-corrected chi connectivity index (χ0v) is 16.1. The Labute approximate surface area is 167 Å². The molecular weight excluding hydrogens is 415 g/mol. The van der Waals surface area contributed by atoms with E-state index in [2.05, 4.69) is 0 Å². The monoisotopic (exact) mass is 429 g/mol. The van der Waals surface area contributed by atoms with Gasteiger partial charge in [0.05, 0.1) is 17.0 Å². The van der Waals surface area contributed by atoms with Crippen LogP contribution in [0.2, 0.25) is 5.02 Å². The van der Waals surface area contributed by atoms with Gasteiger partial charge in [0.1, 0.15) is 5.75 Å². The minimum Gasteiger partial charge on any atom is -0.506 e. The number of rotatable bonds is 5. The number of phenols is 1. The van der Waals surface area contributed by atoms with Gasteiger partial charge in [-0.05, 0) is 54.1 Å². The van der Waals surface area contributed by atoms with E-state index >= 15 is 0 Å². The van der Waals surface area contributed by atoms with Gasteiger partial charge in [-0.3, -0.25) is 4.79 Å². The topological polar surface area (TPSA) is 62.5 Å². The summed E-state index contributed by atoms with van der Waals surface area (Å²) in [6.45, 7) is 2.08. The lowest BCUT2D eigenvalue weighted by atomic mass is 10.1. The first kappa shape index (κ1) is 20.4. The largest absolute Gasteiger partial charge is 0.506 e. The van der Waals surface area contributed by atoms with Gasteiger partial charge in [-0.1, -0.05) is 23.7 Å². The summed E-state index contributed by atoms with van der Waals surface area (Å²) in [7, 11) is 0. The van der Waals surface area contributed by atoms with Crippen molar-refractivity contribution in [3.8, 4) is 5.75 Å². The van der Waals surface area contributed by atoms with Crippen LogP contribution in [0.15, 0.2) is 41.3 Å². The average molecular weight is 430 g/mol. The molecule has 1 heterocycles. The van der Waals surface area contributed by atoms with Gasteiger partial charge in [-0.25, -0.2) is 0 Å². The minimum atomic E-state index is -4.35. The van der Waals surface area contributed by atoms with Gasteiger partial charge < -0.3 is 14.8 Å². The van der Waals surface area contributed by atoms with Gasteiger partial charge in [0.2, 0.25) is 0 Å². The van der Waals surface area contributed by atoms with Crippen molar-refractivity contribution in [3.63, 3.8) is 0 Å². The van der Waals surface area contributed by atoms with Crippen LogP contribution < -0.4 is 0 Å². The molecule has 148 valence electrons. The highest BCUT2D eigenvalue weighted by atomic mass is 35.5. The van der Waals surface area contributed by atoms with E-state index in [9.17, 15) is 28.2 Å². The van der Waals surface area contributed by atoms with Crippen LogP contribution in [0.3, 0.4) is 0 Å². The van der Waals surface area contributed by atoms with Crippen molar-refractivity contribution in [2.24, 2.45) is 0 Å². The number of aliphatic carboxylic acids is 1. The zero-order valence-electron chi connectivity index (χ0n) is 14.5. The molecule has 0 unspecified atom stereocenters. The van der Waals surface area contributed by atoms with Gasteiger partial charge in [0, 0.05) is 22.5 Å². The van der Waals surface area contributed by atoms with E-state index in [1.165, 1.54) is 18.2 Å². The van der Waals surface area contributed by atoms with E-state index in [0.29, 0.717) is 28.7 Å². The third-order valence-corrected chi connectivity index (χ3v) is 5.39. The number of aromatic nitrogens is 1. The highest BCUT2D eigenvalue weighted by Gasteiger charge is 2.29. The van der Waals surface area contributed by atoms with Crippen molar-refractivity contribution in [1.29, 1.82) is 0 Å². The molecule has 0 spiro atoms. The summed E-state index contributed by atoms with van der Waals surface area (Å²) in [6, 6.07) is 8.97. The average Bonchev–Trinajstić information content (AvgIpc) is 2.81. The van der Waals surface area contributed by atoms with Crippen molar-refractivity contribution in [3.05, 3.63) is 58.2 Å². The predicted octanol–water partition coefficient (Wildman–Crippen LogP) is 5.60. The van der Waals surface area contributed by atoms with Crippen LogP contribution in [0.25, 0.3) is 10.9 Å². The molecule has 0 saturated heterocycles. The normalized spacial score (nSPS) is 11.9. The van der Waals surface area contributed by atoms with Crippen LogP contribution in [0.1, 0.15) is 16.8 Å². The Bertz CT molecular complexity index is 1050. The number of halogens is 4. The molecule has 0 aliphatic rings. The Balaban J connectivity index is 2.02. The van der Waals surface area contributed by atoms with Gasteiger partial charge in [-0.15, -0.1) is 0 Å². The molecule has 2 N–H and O–H groups in total. The number of thioether (sulfide) groups is 1. The number of benzene rings is 2. The molecule has 3 rings (SSSR count). The Hall–Kier alpha value is -2.32. The smallest absolute Gasteiger partial charge is 0.446 e. The van der Waals surface area contributed by atoms with Crippen LogP contribution in [0.4, 0.5) is 13.2 Å². The first-order chi connectivity index (χ1) is 13.0. The van der Waals surface area contributed by atoms with Crippen molar-refractivity contribution < 1.29 is 28.2 Å². The third kappa shape index (κ3) is 4.39. The van der Waals surface area contributed by atoms with E-state index in [4.69, 9.17) is 11.6 Å². The Morgan fingerprint density at radius 3 is 2.43 bits per heavy atom. The predicted molar refractivity (Wildman–Crippen MR) is 102 cm³/mol. The van der Waals surface area contributed by atoms with Gasteiger partial charge in [-0.2, -0.15) is 13.2 Å². The number of hydrogen-bond acceptors (Lipinski definition) is 3. The number of carboxylic acids is 1. The fourth-order valence-corrected chi connectivity index (χ4v) is 3.81. The molecule has 0 aliphatic carbocycles. The molecule has 3 aromatic rings. The maximum atomic E-state index is 12.5. The minimum absolute atomic E-state index is 0.0878. The highest BCUT2D eigenvalue weighted by molar-refractivity contribution is 8.00. The SMILES string of the molecule is Cc1c(CC(=O)O)c2cc(O)c(Cl)cc2n1Cc1ccc(SC(F)(F)F)cc1. The second kappa shape index (κ2) is 7.60. The summed E-state index contributed by atoms with van der Waals surface area (Å²) in [5.74, 6) is -1.16. The first-order valence-corrected chi connectivity index (χ1v) is 9.31. The van der Waals surface area contributed by atoms with Gasteiger partial charge in [0.25, 0.3) is 0 Å². The summed E-state index contributed by atoms with van der Waals surface area (Å²) < 4.78 is 39.3. The van der Waals surface area contributed by atoms with E-state index in [-0.39, 0.29) is 33.9 Å². The Kier molecular flexibility index (Phi) is 5.54. The lowest BCUT2D eigenvalue weighted by Gasteiger charge is -2.11. The second-order valence-electron chi connectivity index (χ2n) is 6.23. The van der Waals surface area contributed by atoms with Gasteiger partial charge in [0.15, 0.2) is 0 Å². The van der Waals surface area contributed by atoms with Crippen molar-refractivity contribution in [2.45, 2.75) is 30.3 Å². The molecule has 0 radical (unpaired) electrons. The molecule has 0 fully saturated rings. The van der Waals surface area contributed by atoms with E-state index in [0.717, 1.165) is 5.56 Å². The lowest BCUT2D eigenvalue weighted by Crippen LogP contribution is -2.05. The fourth-order valence-electron chi connectivity index (χ4n) is 3.11. The second-order valence-corrected chi connectivity index (χ2v) is 7.78. The molecule has 9 heteroatoms.